The van der Waals surface area contributed by atoms with Gasteiger partial charge in [-0.1, -0.05) is 23.2 Å². The summed E-state index contributed by atoms with van der Waals surface area (Å²) in [5, 5.41) is 20.4. The molecular formula is C13H7Cl2NO5. The Bertz CT molecular complexity index is 732. The van der Waals surface area contributed by atoms with Crippen LogP contribution in [0.25, 0.3) is 0 Å². The molecule has 0 spiro atoms. The number of aromatic carboxylic acids is 1. The van der Waals surface area contributed by atoms with E-state index in [1.807, 2.05) is 0 Å². The molecule has 108 valence electrons. The minimum absolute atomic E-state index is 0.116. The molecule has 6 nitrogen and oxygen atoms in total. The topological polar surface area (TPSA) is 89.7 Å². The van der Waals surface area contributed by atoms with Gasteiger partial charge in [-0.2, -0.15) is 0 Å². The Hall–Kier alpha value is -2.31. The van der Waals surface area contributed by atoms with E-state index in [1.165, 1.54) is 24.3 Å². The Labute approximate surface area is 128 Å². The van der Waals surface area contributed by atoms with E-state index in [4.69, 9.17) is 33.0 Å². The van der Waals surface area contributed by atoms with Gasteiger partial charge < -0.3 is 9.84 Å². The molecule has 0 aliphatic heterocycles. The van der Waals surface area contributed by atoms with Gasteiger partial charge in [-0.05, 0) is 24.3 Å². The zero-order valence-electron chi connectivity index (χ0n) is 10.2. The minimum Gasteiger partial charge on any atom is -0.477 e. The third-order valence-corrected chi connectivity index (χ3v) is 3.26. The lowest BCUT2D eigenvalue weighted by Crippen LogP contribution is -2.02. The number of ether oxygens (including phenoxy) is 1. The number of carboxylic acid groups (broad SMARTS) is 1. The molecule has 8 heteroatoms. The largest absolute Gasteiger partial charge is 0.477 e. The van der Waals surface area contributed by atoms with Crippen molar-refractivity contribution in [3.63, 3.8) is 0 Å². The van der Waals surface area contributed by atoms with Gasteiger partial charge in [-0.25, -0.2) is 4.79 Å². The third kappa shape index (κ3) is 3.42. The first kappa shape index (κ1) is 15.1. The highest BCUT2D eigenvalue weighted by Gasteiger charge is 2.20. The summed E-state index contributed by atoms with van der Waals surface area (Å²) in [6.45, 7) is 0. The molecule has 0 fully saturated rings. The van der Waals surface area contributed by atoms with Crippen LogP contribution in [-0.4, -0.2) is 16.0 Å². The van der Waals surface area contributed by atoms with E-state index in [1.54, 1.807) is 0 Å². The number of benzene rings is 2. The zero-order chi connectivity index (χ0) is 15.6. The van der Waals surface area contributed by atoms with Crippen molar-refractivity contribution in [2.24, 2.45) is 0 Å². The predicted octanol–water partition coefficient (Wildman–Crippen LogP) is 4.39. The standard InChI is InChI=1S/C13H7Cl2NO5/c14-10-4-2-7(5-11(10)15)21-8-1-3-9(13(17)18)12(6-8)16(19)20/h1-6H,(H,17,18). The molecule has 0 aliphatic rings. The Morgan fingerprint density at radius 1 is 1.10 bits per heavy atom. The average molecular weight is 328 g/mol. The van der Waals surface area contributed by atoms with E-state index in [9.17, 15) is 14.9 Å². The van der Waals surface area contributed by atoms with Gasteiger partial charge in [-0.15, -0.1) is 0 Å². The number of nitrogens with zero attached hydrogens (tertiary/aromatic N) is 1. The summed E-state index contributed by atoms with van der Waals surface area (Å²) in [4.78, 5) is 21.0. The van der Waals surface area contributed by atoms with Crippen LogP contribution in [0.2, 0.25) is 10.0 Å². The lowest BCUT2D eigenvalue weighted by atomic mass is 10.1. The fraction of sp³-hybridized carbons (Fsp3) is 0. The number of hydrogen-bond donors (Lipinski definition) is 1. The Morgan fingerprint density at radius 3 is 2.29 bits per heavy atom. The molecule has 0 saturated carbocycles. The fourth-order valence-electron chi connectivity index (χ4n) is 1.58. The maximum absolute atomic E-state index is 10.9. The zero-order valence-corrected chi connectivity index (χ0v) is 11.8. The second-order valence-electron chi connectivity index (χ2n) is 3.92. The van der Waals surface area contributed by atoms with Gasteiger partial charge in [0.25, 0.3) is 5.69 Å². The van der Waals surface area contributed by atoms with Crippen molar-refractivity contribution in [2.45, 2.75) is 0 Å². The van der Waals surface area contributed by atoms with Crippen LogP contribution in [0.5, 0.6) is 11.5 Å². The van der Waals surface area contributed by atoms with Crippen molar-refractivity contribution < 1.29 is 19.6 Å². The highest BCUT2D eigenvalue weighted by Crippen LogP contribution is 2.31. The predicted molar refractivity (Wildman–Crippen MR) is 76.6 cm³/mol. The van der Waals surface area contributed by atoms with Crippen molar-refractivity contribution in [3.05, 3.63) is 62.1 Å². The molecule has 2 rings (SSSR count). The number of rotatable bonds is 4. The second-order valence-corrected chi connectivity index (χ2v) is 4.73. The summed E-state index contributed by atoms with van der Waals surface area (Å²) in [5.41, 5.74) is -0.971. The lowest BCUT2D eigenvalue weighted by molar-refractivity contribution is -0.385. The number of nitro groups is 1. The van der Waals surface area contributed by atoms with Gasteiger partial charge in [0.1, 0.15) is 17.1 Å². The number of hydrogen-bond acceptors (Lipinski definition) is 4. The van der Waals surface area contributed by atoms with Crippen molar-refractivity contribution >= 4 is 34.9 Å². The molecule has 0 aliphatic carbocycles. The highest BCUT2D eigenvalue weighted by molar-refractivity contribution is 6.42. The molecule has 0 amide bonds. The Kier molecular flexibility index (Phi) is 4.30. The molecule has 0 heterocycles. The first-order chi connectivity index (χ1) is 9.88. The number of halogens is 2. The Balaban J connectivity index is 2.36. The molecule has 2 aromatic rings. The van der Waals surface area contributed by atoms with Gasteiger partial charge in [0, 0.05) is 6.07 Å². The molecule has 21 heavy (non-hydrogen) atoms. The average Bonchev–Trinajstić information content (AvgIpc) is 2.42. The minimum atomic E-state index is -1.39. The van der Waals surface area contributed by atoms with Crippen LogP contribution in [0, 0.1) is 10.1 Å². The lowest BCUT2D eigenvalue weighted by Gasteiger charge is -2.07. The van der Waals surface area contributed by atoms with E-state index < -0.39 is 22.1 Å². The van der Waals surface area contributed by atoms with Gasteiger partial charge in [0.05, 0.1) is 21.0 Å². The van der Waals surface area contributed by atoms with Crippen LogP contribution in [0.3, 0.4) is 0 Å². The maximum atomic E-state index is 10.9. The van der Waals surface area contributed by atoms with E-state index in [-0.39, 0.29) is 10.8 Å². The molecule has 1 N–H and O–H groups in total. The third-order valence-electron chi connectivity index (χ3n) is 2.52. The highest BCUT2D eigenvalue weighted by atomic mass is 35.5. The van der Waals surface area contributed by atoms with E-state index in [0.29, 0.717) is 10.8 Å². The van der Waals surface area contributed by atoms with Crippen LogP contribution in [-0.2, 0) is 0 Å². The molecule has 0 unspecified atom stereocenters. The monoisotopic (exact) mass is 327 g/mol. The van der Waals surface area contributed by atoms with Crippen LogP contribution >= 0.6 is 23.2 Å². The summed E-state index contributed by atoms with van der Waals surface area (Å²) >= 11 is 11.6. The van der Waals surface area contributed by atoms with Crippen LogP contribution < -0.4 is 4.74 Å². The smallest absolute Gasteiger partial charge is 0.342 e. The summed E-state index contributed by atoms with van der Waals surface area (Å²) in [5.74, 6) is -0.949. The van der Waals surface area contributed by atoms with Crippen LogP contribution in [0.15, 0.2) is 36.4 Å². The molecule has 0 aromatic heterocycles. The SMILES string of the molecule is O=C(O)c1ccc(Oc2ccc(Cl)c(Cl)c2)cc1[N+](=O)[O-]. The number of carbonyl (C=O) groups is 1. The van der Waals surface area contributed by atoms with Gasteiger partial charge in [-0.3, -0.25) is 10.1 Å². The second kappa shape index (κ2) is 5.99. The normalized spacial score (nSPS) is 10.2. The summed E-state index contributed by atoms with van der Waals surface area (Å²) in [6.07, 6.45) is 0. The molecule has 0 saturated heterocycles. The van der Waals surface area contributed by atoms with Crippen molar-refractivity contribution in [1.29, 1.82) is 0 Å². The van der Waals surface area contributed by atoms with E-state index >= 15 is 0 Å². The Morgan fingerprint density at radius 2 is 1.71 bits per heavy atom. The van der Waals surface area contributed by atoms with E-state index in [2.05, 4.69) is 0 Å². The van der Waals surface area contributed by atoms with Crippen molar-refractivity contribution in [1.82, 2.24) is 0 Å². The number of nitro benzene ring substituents is 1. The molecular weight excluding hydrogens is 321 g/mol. The van der Waals surface area contributed by atoms with E-state index in [0.717, 1.165) is 12.1 Å². The first-order valence-corrected chi connectivity index (χ1v) is 6.28. The molecule has 0 bridgehead atoms. The first-order valence-electron chi connectivity index (χ1n) is 5.53. The number of carboxylic acids is 1. The van der Waals surface area contributed by atoms with Crippen LogP contribution in [0.1, 0.15) is 10.4 Å². The molecule has 0 radical (unpaired) electrons. The van der Waals surface area contributed by atoms with Gasteiger partial charge in [0.15, 0.2) is 0 Å². The quantitative estimate of drug-likeness (QED) is 0.664. The summed E-state index contributed by atoms with van der Waals surface area (Å²) < 4.78 is 5.40. The fourth-order valence-corrected chi connectivity index (χ4v) is 1.87. The van der Waals surface area contributed by atoms with Crippen molar-refractivity contribution in [2.75, 3.05) is 0 Å². The molecule has 2 aromatic carbocycles. The molecule has 0 atom stereocenters. The van der Waals surface area contributed by atoms with Crippen molar-refractivity contribution in [3.8, 4) is 11.5 Å². The van der Waals surface area contributed by atoms with Crippen LogP contribution in [0.4, 0.5) is 5.69 Å². The van der Waals surface area contributed by atoms with Gasteiger partial charge in [0.2, 0.25) is 0 Å². The maximum Gasteiger partial charge on any atom is 0.342 e. The summed E-state index contributed by atoms with van der Waals surface area (Å²) in [7, 11) is 0. The summed E-state index contributed by atoms with van der Waals surface area (Å²) in [6, 6.07) is 7.95. The van der Waals surface area contributed by atoms with Gasteiger partial charge >= 0.3 is 5.97 Å².